The molecule has 3 aromatic rings. The van der Waals surface area contributed by atoms with Crippen molar-refractivity contribution in [3.05, 3.63) is 53.9 Å². The number of methoxy groups -OCH3 is 3. The first-order chi connectivity index (χ1) is 14.7. The number of hydrogen-bond acceptors (Lipinski definition) is 6. The second-order valence-electron chi connectivity index (χ2n) is 6.30. The Morgan fingerprint density at radius 1 is 0.933 bits per heavy atom. The minimum absolute atomic E-state index is 0.453. The molecule has 0 saturated carbocycles. The van der Waals surface area contributed by atoms with E-state index >= 15 is 0 Å². The molecule has 0 aliphatic rings. The predicted molar refractivity (Wildman–Crippen MR) is 115 cm³/mol. The number of guanidine groups is 1. The van der Waals surface area contributed by atoms with Crippen LogP contribution in [0, 0.1) is 0 Å². The van der Waals surface area contributed by atoms with Crippen molar-refractivity contribution in [3.63, 3.8) is 0 Å². The van der Waals surface area contributed by atoms with Crippen molar-refractivity contribution in [2.75, 3.05) is 28.4 Å². The standard InChI is InChI=1S/C21H26N6O3/c1-22-21(23-12-14-5-10-17(29-3)18(11-14)30-4)24-13-19-25-20(27-26-19)15-6-8-16(28-2)9-7-15/h5-11H,12-13H2,1-4H3,(H2,22,23,24)(H,25,26,27). The third kappa shape index (κ3) is 5.19. The number of benzene rings is 2. The summed E-state index contributed by atoms with van der Waals surface area (Å²) in [5, 5.41) is 13.7. The van der Waals surface area contributed by atoms with Gasteiger partial charge >= 0.3 is 0 Å². The summed E-state index contributed by atoms with van der Waals surface area (Å²) in [4.78, 5) is 8.76. The SMILES string of the molecule is CN=C(NCc1ccc(OC)c(OC)c1)NCc1nc(-c2ccc(OC)cc2)n[nH]1. The van der Waals surface area contributed by atoms with E-state index in [1.54, 1.807) is 28.4 Å². The molecule has 0 spiro atoms. The smallest absolute Gasteiger partial charge is 0.191 e. The maximum atomic E-state index is 5.34. The molecule has 0 aliphatic carbocycles. The normalized spacial score (nSPS) is 11.1. The summed E-state index contributed by atoms with van der Waals surface area (Å²) in [6, 6.07) is 13.4. The van der Waals surface area contributed by atoms with Crippen LogP contribution in [-0.2, 0) is 13.1 Å². The summed E-state index contributed by atoms with van der Waals surface area (Å²) < 4.78 is 15.8. The minimum atomic E-state index is 0.453. The second-order valence-corrected chi connectivity index (χ2v) is 6.30. The molecule has 0 saturated heterocycles. The Balaban J connectivity index is 1.55. The highest BCUT2D eigenvalue weighted by atomic mass is 16.5. The van der Waals surface area contributed by atoms with Crippen LogP contribution in [0.25, 0.3) is 11.4 Å². The Labute approximate surface area is 175 Å². The highest BCUT2D eigenvalue weighted by Crippen LogP contribution is 2.27. The number of aliphatic imine (C=N–C) groups is 1. The zero-order chi connectivity index (χ0) is 21.3. The van der Waals surface area contributed by atoms with Gasteiger partial charge in [0.1, 0.15) is 11.6 Å². The van der Waals surface area contributed by atoms with Gasteiger partial charge in [-0.3, -0.25) is 10.1 Å². The second kappa shape index (κ2) is 10.1. The van der Waals surface area contributed by atoms with Gasteiger partial charge in [-0.15, -0.1) is 0 Å². The van der Waals surface area contributed by atoms with E-state index in [9.17, 15) is 0 Å². The van der Waals surface area contributed by atoms with Crippen LogP contribution in [0.15, 0.2) is 47.5 Å². The first-order valence-corrected chi connectivity index (χ1v) is 9.38. The van der Waals surface area contributed by atoms with Crippen LogP contribution in [0.4, 0.5) is 0 Å². The molecule has 0 radical (unpaired) electrons. The quantitative estimate of drug-likeness (QED) is 0.387. The molecule has 3 N–H and O–H groups in total. The molecule has 9 nitrogen and oxygen atoms in total. The summed E-state index contributed by atoms with van der Waals surface area (Å²) in [6.45, 7) is 1.03. The zero-order valence-electron chi connectivity index (χ0n) is 17.5. The van der Waals surface area contributed by atoms with E-state index in [0.717, 1.165) is 16.9 Å². The van der Waals surface area contributed by atoms with Gasteiger partial charge in [-0.1, -0.05) is 6.07 Å². The van der Waals surface area contributed by atoms with Crippen molar-refractivity contribution in [1.29, 1.82) is 0 Å². The molecular formula is C21H26N6O3. The van der Waals surface area contributed by atoms with E-state index < -0.39 is 0 Å². The molecule has 0 amide bonds. The monoisotopic (exact) mass is 410 g/mol. The molecule has 158 valence electrons. The Morgan fingerprint density at radius 2 is 1.67 bits per heavy atom. The number of ether oxygens (including phenoxy) is 3. The van der Waals surface area contributed by atoms with Crippen molar-refractivity contribution in [1.82, 2.24) is 25.8 Å². The van der Waals surface area contributed by atoms with E-state index in [4.69, 9.17) is 14.2 Å². The van der Waals surface area contributed by atoms with Gasteiger partial charge in [-0.25, -0.2) is 4.98 Å². The molecular weight excluding hydrogens is 384 g/mol. The fourth-order valence-corrected chi connectivity index (χ4v) is 2.81. The fraction of sp³-hybridized carbons (Fsp3) is 0.286. The van der Waals surface area contributed by atoms with Crippen LogP contribution in [0.1, 0.15) is 11.4 Å². The Bertz CT molecular complexity index is 985. The molecule has 0 unspecified atom stereocenters. The average Bonchev–Trinajstić information content (AvgIpc) is 3.28. The first-order valence-electron chi connectivity index (χ1n) is 9.38. The molecule has 9 heteroatoms. The number of aromatic nitrogens is 3. The third-order valence-corrected chi connectivity index (χ3v) is 4.43. The molecule has 0 bridgehead atoms. The molecule has 3 rings (SSSR count). The van der Waals surface area contributed by atoms with Crippen molar-refractivity contribution in [3.8, 4) is 28.6 Å². The largest absolute Gasteiger partial charge is 0.497 e. The van der Waals surface area contributed by atoms with Crippen LogP contribution < -0.4 is 24.8 Å². The molecule has 0 atom stereocenters. The number of aromatic amines is 1. The number of hydrogen-bond donors (Lipinski definition) is 3. The summed E-state index contributed by atoms with van der Waals surface area (Å²) in [7, 11) is 6.59. The zero-order valence-corrected chi connectivity index (χ0v) is 17.5. The van der Waals surface area contributed by atoms with Gasteiger partial charge in [-0.2, -0.15) is 5.10 Å². The molecule has 0 aliphatic heterocycles. The highest BCUT2D eigenvalue weighted by Gasteiger charge is 2.08. The van der Waals surface area contributed by atoms with Crippen LogP contribution in [-0.4, -0.2) is 49.5 Å². The van der Waals surface area contributed by atoms with E-state index in [2.05, 4.69) is 30.8 Å². The predicted octanol–water partition coefficient (Wildman–Crippen LogP) is 2.36. The van der Waals surface area contributed by atoms with Crippen LogP contribution >= 0.6 is 0 Å². The van der Waals surface area contributed by atoms with Gasteiger partial charge in [0.25, 0.3) is 0 Å². The maximum absolute atomic E-state index is 5.34. The number of nitrogens with one attached hydrogen (secondary N) is 3. The first kappa shape index (κ1) is 21.0. The van der Waals surface area contributed by atoms with E-state index in [0.29, 0.717) is 42.2 Å². The molecule has 0 fully saturated rings. The molecule has 1 heterocycles. The minimum Gasteiger partial charge on any atom is -0.497 e. The highest BCUT2D eigenvalue weighted by molar-refractivity contribution is 5.79. The van der Waals surface area contributed by atoms with Gasteiger partial charge in [0.2, 0.25) is 0 Å². The Hall–Kier alpha value is -3.75. The number of nitrogens with zero attached hydrogens (tertiary/aromatic N) is 3. The van der Waals surface area contributed by atoms with Crippen molar-refractivity contribution < 1.29 is 14.2 Å². The number of H-pyrrole nitrogens is 1. The lowest BCUT2D eigenvalue weighted by molar-refractivity contribution is 0.354. The lowest BCUT2D eigenvalue weighted by Gasteiger charge is -2.13. The molecule has 1 aromatic heterocycles. The van der Waals surface area contributed by atoms with Crippen LogP contribution in [0.5, 0.6) is 17.2 Å². The van der Waals surface area contributed by atoms with Crippen molar-refractivity contribution >= 4 is 5.96 Å². The topological polar surface area (TPSA) is 106 Å². The summed E-state index contributed by atoms with van der Waals surface area (Å²) in [6.07, 6.45) is 0. The Kier molecular flexibility index (Phi) is 7.09. The van der Waals surface area contributed by atoms with E-state index in [1.807, 2.05) is 42.5 Å². The summed E-state index contributed by atoms with van der Waals surface area (Å²) in [5.74, 6) is 4.15. The fourth-order valence-electron chi connectivity index (χ4n) is 2.81. The van der Waals surface area contributed by atoms with Crippen molar-refractivity contribution in [2.45, 2.75) is 13.1 Å². The van der Waals surface area contributed by atoms with Gasteiger partial charge in [0, 0.05) is 19.2 Å². The van der Waals surface area contributed by atoms with Gasteiger partial charge < -0.3 is 24.8 Å². The average molecular weight is 410 g/mol. The summed E-state index contributed by atoms with van der Waals surface area (Å²) in [5.41, 5.74) is 1.95. The van der Waals surface area contributed by atoms with Crippen LogP contribution in [0.2, 0.25) is 0 Å². The van der Waals surface area contributed by atoms with Gasteiger partial charge in [-0.05, 0) is 42.0 Å². The lowest BCUT2D eigenvalue weighted by atomic mass is 10.2. The lowest BCUT2D eigenvalue weighted by Crippen LogP contribution is -2.36. The van der Waals surface area contributed by atoms with Crippen LogP contribution in [0.3, 0.4) is 0 Å². The number of rotatable bonds is 8. The van der Waals surface area contributed by atoms with Gasteiger partial charge in [0.15, 0.2) is 23.3 Å². The van der Waals surface area contributed by atoms with E-state index in [1.165, 1.54) is 0 Å². The van der Waals surface area contributed by atoms with E-state index in [-0.39, 0.29) is 0 Å². The summed E-state index contributed by atoms with van der Waals surface area (Å²) >= 11 is 0. The van der Waals surface area contributed by atoms with Gasteiger partial charge in [0.05, 0.1) is 27.9 Å². The molecule has 30 heavy (non-hydrogen) atoms. The molecule has 2 aromatic carbocycles. The van der Waals surface area contributed by atoms with Crippen molar-refractivity contribution in [2.24, 2.45) is 4.99 Å². The third-order valence-electron chi connectivity index (χ3n) is 4.43. The Morgan fingerprint density at radius 3 is 2.33 bits per heavy atom. The maximum Gasteiger partial charge on any atom is 0.191 e.